The first-order valence-corrected chi connectivity index (χ1v) is 15.6. The summed E-state index contributed by atoms with van der Waals surface area (Å²) in [4.78, 5) is 13.6. The first kappa shape index (κ1) is 37.1. The summed E-state index contributed by atoms with van der Waals surface area (Å²) in [5.41, 5.74) is 16.4. The molecule has 0 radical (unpaired) electrons. The normalized spacial score (nSPS) is 12.2. The van der Waals surface area contributed by atoms with E-state index < -0.39 is 0 Å². The van der Waals surface area contributed by atoms with E-state index >= 15 is 0 Å². The summed E-state index contributed by atoms with van der Waals surface area (Å²) in [7, 11) is 3.23. The van der Waals surface area contributed by atoms with E-state index in [1.54, 1.807) is 14.2 Å². The standard InChI is InChI=1S/C40H48N4O4/c1-25(2)28(5)42-31(8)35(41)23-47-37-18-16-33(21-39(37)45-10)14-12-26(3)20-27(4)13-15-34-17-19-38(40(22-34)46-11)48-24-36-32(9)43-29(6)30(7)44-36/h12-19,21-22H,1,3-4,20,23-24,41H2,2,5-11H3/b14-12+,15-13+,35-31-,42-28-. The summed E-state index contributed by atoms with van der Waals surface area (Å²) >= 11 is 0. The van der Waals surface area contributed by atoms with Gasteiger partial charge in [0.05, 0.1) is 48.4 Å². The monoisotopic (exact) mass is 648 g/mol. The highest BCUT2D eigenvalue weighted by Gasteiger charge is 2.10. The van der Waals surface area contributed by atoms with Crippen molar-refractivity contribution >= 4 is 17.9 Å². The molecule has 0 unspecified atom stereocenters. The van der Waals surface area contributed by atoms with E-state index in [9.17, 15) is 0 Å². The molecule has 8 nitrogen and oxygen atoms in total. The quantitative estimate of drug-likeness (QED) is 0.122. The first-order valence-electron chi connectivity index (χ1n) is 15.6. The number of allylic oxidation sites excluding steroid dienone is 6. The second kappa shape index (κ2) is 17.5. The molecule has 0 aliphatic heterocycles. The molecule has 0 amide bonds. The van der Waals surface area contributed by atoms with E-state index in [2.05, 4.69) is 34.7 Å². The first-order chi connectivity index (χ1) is 22.8. The van der Waals surface area contributed by atoms with Gasteiger partial charge in [0.1, 0.15) is 13.2 Å². The second-order valence-corrected chi connectivity index (χ2v) is 11.6. The van der Waals surface area contributed by atoms with Crippen LogP contribution in [0.2, 0.25) is 0 Å². The van der Waals surface area contributed by atoms with Gasteiger partial charge in [0.15, 0.2) is 23.0 Å². The summed E-state index contributed by atoms with van der Waals surface area (Å²) in [6.45, 7) is 24.3. The minimum atomic E-state index is 0.185. The zero-order valence-electron chi connectivity index (χ0n) is 29.6. The Morgan fingerprint density at radius 3 is 1.79 bits per heavy atom. The maximum absolute atomic E-state index is 6.20. The van der Waals surface area contributed by atoms with Gasteiger partial charge in [-0.15, -0.1) is 0 Å². The zero-order valence-corrected chi connectivity index (χ0v) is 29.6. The highest BCUT2D eigenvalue weighted by molar-refractivity contribution is 5.97. The molecule has 2 aromatic carbocycles. The number of rotatable bonds is 16. The molecule has 252 valence electrons. The number of methoxy groups -OCH3 is 2. The SMILES string of the molecule is C=C(/C=C/c1ccc(OC/C(N)=C(C)/N=C(/C)C(=C)C)c(OC)c1)CC(=C)/C=C/c1ccc(OCc2nc(C)c(C)nc2C)c(OC)c1. The minimum Gasteiger partial charge on any atom is -0.493 e. The number of nitrogens with two attached hydrogens (primary N) is 1. The van der Waals surface area contributed by atoms with Gasteiger partial charge in [0.2, 0.25) is 0 Å². The van der Waals surface area contributed by atoms with E-state index in [0.717, 1.165) is 56.3 Å². The van der Waals surface area contributed by atoms with E-state index in [-0.39, 0.29) is 6.61 Å². The van der Waals surface area contributed by atoms with Crippen LogP contribution in [-0.2, 0) is 6.61 Å². The highest BCUT2D eigenvalue weighted by Crippen LogP contribution is 2.31. The van der Waals surface area contributed by atoms with E-state index in [0.29, 0.717) is 47.4 Å². The third-order valence-electron chi connectivity index (χ3n) is 7.60. The molecule has 0 spiro atoms. The fourth-order valence-corrected chi connectivity index (χ4v) is 4.37. The third-order valence-corrected chi connectivity index (χ3v) is 7.60. The van der Waals surface area contributed by atoms with Crippen molar-refractivity contribution in [3.05, 3.63) is 130 Å². The van der Waals surface area contributed by atoms with Gasteiger partial charge in [-0.1, -0.05) is 67.3 Å². The average molecular weight is 649 g/mol. The summed E-state index contributed by atoms with van der Waals surface area (Å²) in [6, 6.07) is 11.5. The van der Waals surface area contributed by atoms with Crippen molar-refractivity contribution in [1.29, 1.82) is 0 Å². The van der Waals surface area contributed by atoms with Gasteiger partial charge in [-0.2, -0.15) is 0 Å². The molecular formula is C40H48N4O4. The Morgan fingerprint density at radius 1 is 0.750 bits per heavy atom. The zero-order chi connectivity index (χ0) is 35.4. The maximum atomic E-state index is 6.20. The van der Waals surface area contributed by atoms with Gasteiger partial charge in [0.25, 0.3) is 0 Å². The Hall–Kier alpha value is -5.37. The van der Waals surface area contributed by atoms with Crippen LogP contribution < -0.4 is 24.7 Å². The molecule has 0 atom stereocenters. The number of ether oxygens (including phenoxy) is 4. The number of hydrogen-bond donors (Lipinski definition) is 1. The molecule has 3 aromatic rings. The molecular weight excluding hydrogens is 600 g/mol. The van der Waals surface area contributed by atoms with E-state index in [4.69, 9.17) is 24.7 Å². The fourth-order valence-electron chi connectivity index (χ4n) is 4.37. The molecule has 0 fully saturated rings. The summed E-state index contributed by atoms with van der Waals surface area (Å²) in [6.07, 6.45) is 8.53. The molecule has 1 aromatic heterocycles. The lowest BCUT2D eigenvalue weighted by Crippen LogP contribution is -2.12. The summed E-state index contributed by atoms with van der Waals surface area (Å²) in [5.74, 6) is 2.46. The average Bonchev–Trinajstić information content (AvgIpc) is 3.06. The van der Waals surface area contributed by atoms with Crippen molar-refractivity contribution in [3.63, 3.8) is 0 Å². The number of aromatic nitrogens is 2. The summed E-state index contributed by atoms with van der Waals surface area (Å²) < 4.78 is 23.1. The van der Waals surface area contributed by atoms with Gasteiger partial charge in [-0.25, -0.2) is 0 Å². The Balaban J connectivity index is 1.57. The van der Waals surface area contributed by atoms with Gasteiger partial charge >= 0.3 is 0 Å². The van der Waals surface area contributed by atoms with Crippen molar-refractivity contribution in [1.82, 2.24) is 9.97 Å². The van der Waals surface area contributed by atoms with Crippen molar-refractivity contribution in [2.75, 3.05) is 20.8 Å². The molecule has 0 aliphatic carbocycles. The molecule has 0 saturated carbocycles. The molecule has 0 saturated heterocycles. The van der Waals surface area contributed by atoms with Gasteiger partial charge in [-0.3, -0.25) is 15.0 Å². The molecule has 2 N–H and O–H groups in total. The topological polar surface area (TPSA) is 101 Å². The van der Waals surface area contributed by atoms with Crippen LogP contribution in [0.15, 0.2) is 101 Å². The predicted octanol–water partition coefficient (Wildman–Crippen LogP) is 8.83. The molecule has 8 heteroatoms. The van der Waals surface area contributed by atoms with Crippen LogP contribution in [0.1, 0.15) is 61.1 Å². The van der Waals surface area contributed by atoms with Gasteiger partial charge < -0.3 is 24.7 Å². The smallest absolute Gasteiger partial charge is 0.161 e. The minimum absolute atomic E-state index is 0.185. The third kappa shape index (κ3) is 10.9. The maximum Gasteiger partial charge on any atom is 0.161 e. The van der Waals surface area contributed by atoms with Crippen molar-refractivity contribution in [2.45, 2.75) is 54.6 Å². The molecule has 48 heavy (non-hydrogen) atoms. The molecule has 3 rings (SSSR count). The van der Waals surface area contributed by atoms with E-state index in [1.807, 2.05) is 102 Å². The lowest BCUT2D eigenvalue weighted by Gasteiger charge is -2.13. The Labute approximate surface area is 285 Å². The largest absolute Gasteiger partial charge is 0.493 e. The summed E-state index contributed by atoms with van der Waals surface area (Å²) in [5, 5.41) is 0. The lowest BCUT2D eigenvalue weighted by molar-refractivity contribution is 0.279. The van der Waals surface area contributed by atoms with Gasteiger partial charge in [0, 0.05) is 5.71 Å². The Kier molecular flexibility index (Phi) is 13.5. The number of hydrogen-bond acceptors (Lipinski definition) is 8. The molecule has 0 aliphatic rings. The van der Waals surface area contributed by atoms with Gasteiger partial charge in [-0.05, 0) is 88.9 Å². The van der Waals surface area contributed by atoms with Crippen LogP contribution >= 0.6 is 0 Å². The predicted molar refractivity (Wildman–Crippen MR) is 198 cm³/mol. The van der Waals surface area contributed by atoms with Crippen LogP contribution in [-0.4, -0.2) is 36.5 Å². The van der Waals surface area contributed by atoms with E-state index in [1.165, 1.54) is 0 Å². The second-order valence-electron chi connectivity index (χ2n) is 11.6. The van der Waals surface area contributed by atoms with Crippen molar-refractivity contribution in [3.8, 4) is 23.0 Å². The fraction of sp³-hybridized carbons (Fsp3) is 0.275. The Morgan fingerprint density at radius 2 is 1.27 bits per heavy atom. The lowest BCUT2D eigenvalue weighted by atomic mass is 10.0. The number of nitrogens with zero attached hydrogens (tertiary/aromatic N) is 3. The molecule has 0 bridgehead atoms. The number of aliphatic imine (C=N–C) groups is 1. The van der Waals surface area contributed by atoms with Crippen LogP contribution in [0.25, 0.3) is 12.2 Å². The van der Waals surface area contributed by atoms with Crippen LogP contribution in [0.5, 0.6) is 23.0 Å². The van der Waals surface area contributed by atoms with Crippen LogP contribution in [0, 0.1) is 20.8 Å². The van der Waals surface area contributed by atoms with Crippen molar-refractivity contribution in [2.24, 2.45) is 10.7 Å². The highest BCUT2D eigenvalue weighted by atomic mass is 16.5. The van der Waals surface area contributed by atoms with Crippen LogP contribution in [0.3, 0.4) is 0 Å². The Bertz CT molecular complexity index is 1800. The van der Waals surface area contributed by atoms with Crippen LogP contribution in [0.4, 0.5) is 0 Å². The number of benzene rings is 2. The number of aryl methyl sites for hydroxylation is 3. The molecule has 1 heterocycles. The van der Waals surface area contributed by atoms with Crippen molar-refractivity contribution < 1.29 is 18.9 Å².